The third kappa shape index (κ3) is 6.10. The van der Waals surface area contributed by atoms with Crippen molar-refractivity contribution in [3.05, 3.63) is 66.7 Å². The van der Waals surface area contributed by atoms with Gasteiger partial charge in [-0.1, -0.05) is 0 Å². The van der Waals surface area contributed by atoms with E-state index in [9.17, 15) is 13.2 Å². The minimum absolute atomic E-state index is 0.0194. The van der Waals surface area contributed by atoms with E-state index < -0.39 is 16.1 Å². The molecule has 180 valence electrons. The molecule has 1 atom stereocenters. The van der Waals surface area contributed by atoms with Crippen molar-refractivity contribution in [1.29, 1.82) is 0 Å². The Morgan fingerprint density at radius 2 is 1.38 bits per heavy atom. The minimum atomic E-state index is -3.89. The monoisotopic (exact) mass is 486 g/mol. The van der Waals surface area contributed by atoms with Gasteiger partial charge in [-0.25, -0.2) is 8.42 Å². The van der Waals surface area contributed by atoms with Gasteiger partial charge in [0.05, 0.1) is 31.9 Å². The van der Waals surface area contributed by atoms with Gasteiger partial charge in [0.25, 0.3) is 15.9 Å². The highest BCUT2D eigenvalue weighted by molar-refractivity contribution is 7.92. The number of hydrogen-bond acceptors (Lipinski definition) is 7. The highest BCUT2D eigenvalue weighted by atomic mass is 32.2. The zero-order chi connectivity index (χ0) is 24.7. The topological polar surface area (TPSA) is 112 Å². The van der Waals surface area contributed by atoms with E-state index in [1.807, 2.05) is 0 Å². The molecule has 0 aliphatic heterocycles. The molecule has 9 nitrogen and oxygen atoms in total. The number of methoxy groups -OCH3 is 3. The molecule has 0 spiro atoms. The summed E-state index contributed by atoms with van der Waals surface area (Å²) >= 11 is 0. The van der Waals surface area contributed by atoms with E-state index in [2.05, 4.69) is 10.0 Å². The van der Waals surface area contributed by atoms with Gasteiger partial charge >= 0.3 is 0 Å². The van der Waals surface area contributed by atoms with Crippen molar-refractivity contribution in [3.8, 4) is 23.0 Å². The number of benzene rings is 3. The van der Waals surface area contributed by atoms with E-state index in [0.717, 1.165) is 0 Å². The first-order valence-electron chi connectivity index (χ1n) is 10.2. The molecule has 0 fully saturated rings. The third-order valence-electron chi connectivity index (χ3n) is 4.83. The predicted molar refractivity (Wildman–Crippen MR) is 129 cm³/mol. The van der Waals surface area contributed by atoms with Gasteiger partial charge in [0.2, 0.25) is 0 Å². The van der Waals surface area contributed by atoms with Crippen LogP contribution >= 0.6 is 0 Å². The van der Waals surface area contributed by atoms with Gasteiger partial charge in [-0.05, 0) is 67.6 Å². The lowest BCUT2D eigenvalue weighted by molar-refractivity contribution is -0.122. The maximum Gasteiger partial charge on any atom is 0.265 e. The molecule has 0 saturated heterocycles. The Morgan fingerprint density at radius 1 is 0.794 bits per heavy atom. The third-order valence-corrected chi connectivity index (χ3v) is 6.21. The Bertz CT molecular complexity index is 1230. The molecule has 1 amide bonds. The van der Waals surface area contributed by atoms with E-state index in [1.54, 1.807) is 56.5 Å². The lowest BCUT2D eigenvalue weighted by Gasteiger charge is -2.15. The van der Waals surface area contributed by atoms with Crippen LogP contribution in [0.15, 0.2) is 71.6 Å². The molecule has 3 aromatic carbocycles. The van der Waals surface area contributed by atoms with Crippen molar-refractivity contribution < 1.29 is 32.2 Å². The fourth-order valence-corrected chi connectivity index (χ4v) is 4.03. The molecule has 0 aromatic heterocycles. The van der Waals surface area contributed by atoms with Crippen LogP contribution in [0.4, 0.5) is 11.4 Å². The second-order valence-electron chi connectivity index (χ2n) is 7.12. The van der Waals surface area contributed by atoms with Crippen LogP contribution in [-0.4, -0.2) is 41.8 Å². The van der Waals surface area contributed by atoms with Crippen molar-refractivity contribution >= 4 is 27.3 Å². The Kier molecular flexibility index (Phi) is 7.85. The van der Waals surface area contributed by atoms with Gasteiger partial charge in [0, 0.05) is 11.8 Å². The number of nitrogens with one attached hydrogen (secondary N) is 2. The molecule has 0 heterocycles. The van der Waals surface area contributed by atoms with Gasteiger partial charge in [-0.3, -0.25) is 9.52 Å². The van der Waals surface area contributed by atoms with Crippen molar-refractivity contribution in [3.63, 3.8) is 0 Å². The smallest absolute Gasteiger partial charge is 0.265 e. The quantitative estimate of drug-likeness (QED) is 0.447. The molecule has 3 aromatic rings. The summed E-state index contributed by atoms with van der Waals surface area (Å²) in [4.78, 5) is 12.5. The molecular weight excluding hydrogens is 460 g/mol. The van der Waals surface area contributed by atoms with Crippen LogP contribution in [0.3, 0.4) is 0 Å². The molecule has 1 unspecified atom stereocenters. The van der Waals surface area contributed by atoms with E-state index >= 15 is 0 Å². The Labute approximate surface area is 198 Å². The number of carbonyl (C=O) groups is 1. The molecule has 0 radical (unpaired) electrons. The largest absolute Gasteiger partial charge is 0.497 e. The molecule has 0 saturated carbocycles. The SMILES string of the molecule is COc1ccc(OC(C)C(=O)Nc2ccc(S(=O)(=O)Nc3ccc(OC)cc3OC)cc2)cc1. The predicted octanol–water partition coefficient (Wildman–Crippen LogP) is 3.92. The summed E-state index contributed by atoms with van der Waals surface area (Å²) in [5, 5.41) is 2.71. The molecule has 3 rings (SSSR count). The zero-order valence-corrected chi connectivity index (χ0v) is 20.0. The number of carbonyl (C=O) groups excluding carboxylic acids is 1. The maximum absolute atomic E-state index is 12.8. The second kappa shape index (κ2) is 10.8. The van der Waals surface area contributed by atoms with Crippen LogP contribution in [0, 0.1) is 0 Å². The first-order valence-corrected chi connectivity index (χ1v) is 11.7. The molecule has 10 heteroatoms. The first-order chi connectivity index (χ1) is 16.2. The second-order valence-corrected chi connectivity index (χ2v) is 8.80. The fourth-order valence-electron chi connectivity index (χ4n) is 2.96. The first kappa shape index (κ1) is 24.7. The number of rotatable bonds is 10. The van der Waals surface area contributed by atoms with E-state index in [4.69, 9.17) is 18.9 Å². The van der Waals surface area contributed by atoms with Crippen LogP contribution in [-0.2, 0) is 14.8 Å². The summed E-state index contributed by atoms with van der Waals surface area (Å²) in [6, 6.07) is 17.4. The number of amides is 1. The summed E-state index contributed by atoms with van der Waals surface area (Å²) in [5.41, 5.74) is 0.696. The standard InChI is InChI=1S/C24H26N2O7S/c1-16(33-19-9-7-18(30-2)8-10-19)24(27)25-17-5-12-21(13-6-17)34(28,29)26-22-14-11-20(31-3)15-23(22)32-4/h5-16,26H,1-4H3,(H,25,27). The highest BCUT2D eigenvalue weighted by Gasteiger charge is 2.19. The van der Waals surface area contributed by atoms with Crippen molar-refractivity contribution in [1.82, 2.24) is 0 Å². The van der Waals surface area contributed by atoms with Gasteiger partial charge in [0.1, 0.15) is 23.0 Å². The van der Waals surface area contributed by atoms with Gasteiger partial charge < -0.3 is 24.3 Å². The van der Waals surface area contributed by atoms with Crippen molar-refractivity contribution in [2.24, 2.45) is 0 Å². The molecule has 34 heavy (non-hydrogen) atoms. The molecular formula is C24H26N2O7S. The normalized spacial score (nSPS) is 11.8. The number of sulfonamides is 1. The van der Waals surface area contributed by atoms with Gasteiger partial charge in [-0.15, -0.1) is 0 Å². The lowest BCUT2D eigenvalue weighted by Crippen LogP contribution is -2.30. The van der Waals surface area contributed by atoms with Crippen LogP contribution in [0.5, 0.6) is 23.0 Å². The summed E-state index contributed by atoms with van der Waals surface area (Å²) in [7, 11) is 0.611. The van der Waals surface area contributed by atoms with Crippen LogP contribution in [0.2, 0.25) is 0 Å². The van der Waals surface area contributed by atoms with Crippen molar-refractivity contribution in [2.45, 2.75) is 17.9 Å². The zero-order valence-electron chi connectivity index (χ0n) is 19.2. The molecule has 2 N–H and O–H groups in total. The minimum Gasteiger partial charge on any atom is -0.497 e. The van der Waals surface area contributed by atoms with Crippen LogP contribution < -0.4 is 29.0 Å². The summed E-state index contributed by atoms with van der Waals surface area (Å²) in [6.07, 6.45) is -0.777. The summed E-state index contributed by atoms with van der Waals surface area (Å²) in [6.45, 7) is 1.62. The molecule has 0 aliphatic rings. The summed E-state index contributed by atoms with van der Waals surface area (Å²) in [5.74, 6) is 1.67. The van der Waals surface area contributed by atoms with E-state index in [0.29, 0.717) is 28.7 Å². The van der Waals surface area contributed by atoms with Crippen molar-refractivity contribution in [2.75, 3.05) is 31.4 Å². The average molecular weight is 487 g/mol. The number of hydrogen-bond donors (Lipinski definition) is 2. The molecule has 0 aliphatic carbocycles. The molecule has 0 bridgehead atoms. The van der Waals surface area contributed by atoms with Gasteiger partial charge in [-0.2, -0.15) is 0 Å². The highest BCUT2D eigenvalue weighted by Crippen LogP contribution is 2.31. The Hall–Kier alpha value is -3.92. The van der Waals surface area contributed by atoms with Crippen LogP contribution in [0.25, 0.3) is 0 Å². The lowest BCUT2D eigenvalue weighted by atomic mass is 10.3. The summed E-state index contributed by atoms with van der Waals surface area (Å²) < 4.78 is 49.2. The average Bonchev–Trinajstić information content (AvgIpc) is 2.84. The fraction of sp³-hybridized carbons (Fsp3) is 0.208. The maximum atomic E-state index is 12.8. The van der Waals surface area contributed by atoms with E-state index in [1.165, 1.54) is 38.5 Å². The van der Waals surface area contributed by atoms with E-state index in [-0.39, 0.29) is 16.5 Å². The number of ether oxygens (including phenoxy) is 4. The number of anilines is 2. The Balaban J connectivity index is 1.65. The van der Waals surface area contributed by atoms with Gasteiger partial charge in [0.15, 0.2) is 6.10 Å². The van der Waals surface area contributed by atoms with Crippen LogP contribution in [0.1, 0.15) is 6.92 Å². The Morgan fingerprint density at radius 3 is 1.97 bits per heavy atom.